The van der Waals surface area contributed by atoms with Gasteiger partial charge in [-0.25, -0.2) is 0 Å². The number of benzene rings is 2. The molecule has 3 rings (SSSR count). The summed E-state index contributed by atoms with van der Waals surface area (Å²) in [7, 11) is 4.01. The molecule has 1 aliphatic heterocycles. The first-order valence-corrected chi connectivity index (χ1v) is 10.2. The van der Waals surface area contributed by atoms with Crippen LogP contribution in [0, 0.1) is 0 Å². The number of anilines is 1. The minimum Gasteiger partial charge on any atom is -0.457 e. The van der Waals surface area contributed by atoms with Crippen LogP contribution in [-0.4, -0.2) is 51.1 Å². The lowest BCUT2D eigenvalue weighted by Crippen LogP contribution is -2.33. The van der Waals surface area contributed by atoms with Crippen molar-refractivity contribution < 1.29 is 9.53 Å². The Bertz CT molecular complexity index is 735. The molecular formula is C23H31N3O2. The SMILES string of the molecule is CN(C)c1ccc(Oc2ccc(C(=O)NCCCN3CCCCC3)cc2)cc1. The van der Waals surface area contributed by atoms with E-state index in [0.29, 0.717) is 12.1 Å². The molecule has 28 heavy (non-hydrogen) atoms. The molecule has 150 valence electrons. The Morgan fingerprint density at radius 3 is 2.18 bits per heavy atom. The second kappa shape index (κ2) is 10.1. The average molecular weight is 382 g/mol. The van der Waals surface area contributed by atoms with Gasteiger partial charge in [0.25, 0.3) is 5.91 Å². The number of rotatable bonds is 8. The van der Waals surface area contributed by atoms with E-state index in [1.54, 1.807) is 0 Å². The molecule has 1 aliphatic rings. The number of hydrogen-bond acceptors (Lipinski definition) is 4. The molecule has 2 aromatic carbocycles. The van der Waals surface area contributed by atoms with Gasteiger partial charge in [0, 0.05) is 31.9 Å². The van der Waals surface area contributed by atoms with Crippen molar-refractivity contribution in [1.82, 2.24) is 10.2 Å². The number of nitrogens with zero attached hydrogens (tertiary/aromatic N) is 2. The highest BCUT2D eigenvalue weighted by molar-refractivity contribution is 5.94. The third-order valence-electron chi connectivity index (χ3n) is 5.09. The van der Waals surface area contributed by atoms with Crippen molar-refractivity contribution in [2.24, 2.45) is 0 Å². The van der Waals surface area contributed by atoms with E-state index < -0.39 is 0 Å². The zero-order valence-corrected chi connectivity index (χ0v) is 17.0. The number of nitrogens with one attached hydrogen (secondary N) is 1. The van der Waals surface area contributed by atoms with Crippen molar-refractivity contribution >= 4 is 11.6 Å². The van der Waals surface area contributed by atoms with Crippen LogP contribution in [-0.2, 0) is 0 Å². The van der Waals surface area contributed by atoms with Gasteiger partial charge in [-0.2, -0.15) is 0 Å². The molecular weight excluding hydrogens is 350 g/mol. The van der Waals surface area contributed by atoms with Gasteiger partial charge in [-0.05, 0) is 87.4 Å². The number of hydrogen-bond donors (Lipinski definition) is 1. The molecule has 0 atom stereocenters. The second-order valence-corrected chi connectivity index (χ2v) is 7.53. The Kier molecular flexibility index (Phi) is 7.31. The van der Waals surface area contributed by atoms with Gasteiger partial charge in [0.2, 0.25) is 0 Å². The zero-order chi connectivity index (χ0) is 19.8. The van der Waals surface area contributed by atoms with Crippen LogP contribution in [0.5, 0.6) is 11.5 Å². The highest BCUT2D eigenvalue weighted by Gasteiger charge is 2.10. The van der Waals surface area contributed by atoms with E-state index in [1.807, 2.05) is 67.5 Å². The minimum atomic E-state index is -0.0273. The smallest absolute Gasteiger partial charge is 0.251 e. The van der Waals surface area contributed by atoms with Crippen LogP contribution >= 0.6 is 0 Å². The summed E-state index contributed by atoms with van der Waals surface area (Å²) in [6, 6.07) is 15.2. The van der Waals surface area contributed by atoms with Gasteiger partial charge in [-0.1, -0.05) is 6.42 Å². The molecule has 5 heteroatoms. The number of likely N-dealkylation sites (tertiary alicyclic amines) is 1. The number of piperidine rings is 1. The molecule has 0 unspecified atom stereocenters. The molecule has 1 heterocycles. The van der Waals surface area contributed by atoms with E-state index in [-0.39, 0.29) is 5.91 Å². The number of carbonyl (C=O) groups excluding carboxylic acids is 1. The molecule has 2 aromatic rings. The van der Waals surface area contributed by atoms with Crippen LogP contribution in [0.15, 0.2) is 48.5 Å². The van der Waals surface area contributed by atoms with E-state index in [2.05, 4.69) is 10.2 Å². The lowest BCUT2D eigenvalue weighted by molar-refractivity contribution is 0.0951. The summed E-state index contributed by atoms with van der Waals surface area (Å²) in [5.74, 6) is 1.47. The third-order valence-corrected chi connectivity index (χ3v) is 5.09. The number of amides is 1. The van der Waals surface area contributed by atoms with E-state index in [9.17, 15) is 4.79 Å². The van der Waals surface area contributed by atoms with Gasteiger partial charge in [0.1, 0.15) is 11.5 Å². The van der Waals surface area contributed by atoms with Crippen molar-refractivity contribution in [2.45, 2.75) is 25.7 Å². The Labute approximate surface area is 168 Å². The van der Waals surface area contributed by atoms with Crippen molar-refractivity contribution in [3.63, 3.8) is 0 Å². The van der Waals surface area contributed by atoms with Gasteiger partial charge in [0.15, 0.2) is 0 Å². The molecule has 0 radical (unpaired) electrons. The summed E-state index contributed by atoms with van der Waals surface area (Å²) < 4.78 is 5.86. The monoisotopic (exact) mass is 381 g/mol. The van der Waals surface area contributed by atoms with E-state index in [4.69, 9.17) is 4.74 Å². The Balaban J connectivity index is 1.43. The van der Waals surface area contributed by atoms with Gasteiger partial charge in [-0.15, -0.1) is 0 Å². The molecule has 0 aromatic heterocycles. The molecule has 1 saturated heterocycles. The number of carbonyl (C=O) groups is 1. The molecule has 0 bridgehead atoms. The highest BCUT2D eigenvalue weighted by Crippen LogP contribution is 2.24. The summed E-state index contributed by atoms with van der Waals surface area (Å²) in [6.45, 7) is 4.19. The average Bonchev–Trinajstić information content (AvgIpc) is 2.73. The zero-order valence-electron chi connectivity index (χ0n) is 17.0. The highest BCUT2D eigenvalue weighted by atomic mass is 16.5. The third kappa shape index (κ3) is 5.99. The fourth-order valence-electron chi connectivity index (χ4n) is 3.41. The maximum Gasteiger partial charge on any atom is 0.251 e. The van der Waals surface area contributed by atoms with Crippen molar-refractivity contribution in [3.05, 3.63) is 54.1 Å². The van der Waals surface area contributed by atoms with Crippen LogP contribution < -0.4 is 15.0 Å². The van der Waals surface area contributed by atoms with Gasteiger partial charge >= 0.3 is 0 Å². The van der Waals surface area contributed by atoms with E-state index >= 15 is 0 Å². The summed E-state index contributed by atoms with van der Waals surface area (Å²) in [5.41, 5.74) is 1.79. The summed E-state index contributed by atoms with van der Waals surface area (Å²) in [6.07, 6.45) is 4.96. The minimum absolute atomic E-state index is 0.0273. The topological polar surface area (TPSA) is 44.8 Å². The lowest BCUT2D eigenvalue weighted by Gasteiger charge is -2.26. The first kappa shape index (κ1) is 20.2. The Morgan fingerprint density at radius 1 is 0.964 bits per heavy atom. The molecule has 0 saturated carbocycles. The normalized spacial score (nSPS) is 14.5. The lowest BCUT2D eigenvalue weighted by atomic mass is 10.1. The van der Waals surface area contributed by atoms with Crippen LogP contribution in [0.2, 0.25) is 0 Å². The maximum atomic E-state index is 12.3. The van der Waals surface area contributed by atoms with Crippen molar-refractivity contribution in [1.29, 1.82) is 0 Å². The Hall–Kier alpha value is -2.53. The first-order valence-electron chi connectivity index (χ1n) is 10.2. The molecule has 1 N–H and O–H groups in total. The predicted octanol–water partition coefficient (Wildman–Crippen LogP) is 4.15. The fraction of sp³-hybridized carbons (Fsp3) is 0.435. The molecule has 0 aliphatic carbocycles. The van der Waals surface area contributed by atoms with Gasteiger partial charge < -0.3 is 19.9 Å². The van der Waals surface area contributed by atoms with Gasteiger partial charge in [-0.3, -0.25) is 4.79 Å². The maximum absolute atomic E-state index is 12.3. The van der Waals surface area contributed by atoms with Crippen molar-refractivity contribution in [2.75, 3.05) is 45.2 Å². The molecule has 1 amide bonds. The van der Waals surface area contributed by atoms with Crippen LogP contribution in [0.4, 0.5) is 5.69 Å². The summed E-state index contributed by atoms with van der Waals surface area (Å²) in [4.78, 5) is 16.8. The van der Waals surface area contributed by atoms with E-state index in [1.165, 1.54) is 32.4 Å². The predicted molar refractivity (Wildman–Crippen MR) is 115 cm³/mol. The van der Waals surface area contributed by atoms with Crippen LogP contribution in [0.1, 0.15) is 36.0 Å². The molecule has 5 nitrogen and oxygen atoms in total. The molecule has 1 fully saturated rings. The van der Waals surface area contributed by atoms with Crippen LogP contribution in [0.25, 0.3) is 0 Å². The first-order chi connectivity index (χ1) is 13.6. The summed E-state index contributed by atoms with van der Waals surface area (Å²) >= 11 is 0. The van der Waals surface area contributed by atoms with E-state index in [0.717, 1.165) is 30.2 Å². The summed E-state index contributed by atoms with van der Waals surface area (Å²) in [5, 5.41) is 3.01. The van der Waals surface area contributed by atoms with Gasteiger partial charge in [0.05, 0.1) is 0 Å². The molecule has 0 spiro atoms. The quantitative estimate of drug-likeness (QED) is 0.698. The standard InChI is InChI=1S/C23H31N3O2/c1-25(2)20-9-13-22(14-10-20)28-21-11-7-19(8-12-21)23(27)24-15-6-18-26-16-4-3-5-17-26/h7-14H,3-6,15-18H2,1-2H3,(H,24,27). The Morgan fingerprint density at radius 2 is 1.57 bits per heavy atom. The number of ether oxygens (including phenoxy) is 1. The van der Waals surface area contributed by atoms with Crippen LogP contribution in [0.3, 0.4) is 0 Å². The fourth-order valence-corrected chi connectivity index (χ4v) is 3.41. The largest absolute Gasteiger partial charge is 0.457 e. The van der Waals surface area contributed by atoms with Crippen molar-refractivity contribution in [3.8, 4) is 11.5 Å². The second-order valence-electron chi connectivity index (χ2n) is 7.53.